The molecule has 2 amide bonds. The third-order valence-electron chi connectivity index (χ3n) is 3.85. The van der Waals surface area contributed by atoms with E-state index in [1.54, 1.807) is 43.8 Å². The van der Waals surface area contributed by atoms with Gasteiger partial charge in [-0.05, 0) is 31.5 Å². The van der Waals surface area contributed by atoms with E-state index in [9.17, 15) is 14.4 Å². The van der Waals surface area contributed by atoms with Crippen molar-refractivity contribution in [2.24, 2.45) is 7.05 Å². The van der Waals surface area contributed by atoms with E-state index in [0.29, 0.717) is 22.6 Å². The van der Waals surface area contributed by atoms with E-state index >= 15 is 0 Å². The Bertz CT molecular complexity index is 876. The number of nitrogens with zero attached hydrogens (tertiary/aromatic N) is 2. The zero-order valence-electron chi connectivity index (χ0n) is 14.2. The minimum Gasteiger partial charge on any atom is -0.343 e. The van der Waals surface area contributed by atoms with Crippen LogP contribution in [-0.2, 0) is 11.8 Å². The van der Waals surface area contributed by atoms with Crippen molar-refractivity contribution >= 4 is 23.3 Å². The Morgan fingerprint density at radius 3 is 2.64 bits per heavy atom. The molecule has 0 aliphatic carbocycles. The smallest absolute Gasteiger partial charge is 0.293 e. The lowest BCUT2D eigenvalue weighted by atomic mass is 10.0. The second-order valence-corrected chi connectivity index (χ2v) is 5.40. The lowest BCUT2D eigenvalue weighted by Crippen LogP contribution is -2.31. The average Bonchev–Trinajstić information content (AvgIpc) is 2.82. The van der Waals surface area contributed by atoms with Crippen LogP contribution in [0.1, 0.15) is 32.1 Å². The molecule has 7 nitrogen and oxygen atoms in total. The van der Waals surface area contributed by atoms with Crippen molar-refractivity contribution in [3.8, 4) is 12.3 Å². The molecule has 0 spiro atoms. The van der Waals surface area contributed by atoms with Gasteiger partial charge < -0.3 is 15.2 Å². The molecule has 2 rings (SSSR count). The van der Waals surface area contributed by atoms with Crippen LogP contribution in [0.15, 0.2) is 24.5 Å². The van der Waals surface area contributed by atoms with Crippen molar-refractivity contribution < 1.29 is 14.4 Å². The number of rotatable bonds is 5. The number of pyridine rings is 1. The van der Waals surface area contributed by atoms with E-state index in [1.807, 2.05) is 0 Å². The molecule has 2 aromatic rings. The molecule has 0 aliphatic rings. The van der Waals surface area contributed by atoms with Gasteiger partial charge in [-0.3, -0.25) is 19.4 Å². The minimum absolute atomic E-state index is 0.0378. The highest BCUT2D eigenvalue weighted by molar-refractivity contribution is 6.43. The summed E-state index contributed by atoms with van der Waals surface area (Å²) in [4.78, 5) is 40.8. The predicted molar refractivity (Wildman–Crippen MR) is 93.3 cm³/mol. The maximum absolute atomic E-state index is 12.6. The fraction of sp³-hybridized carbons (Fsp3) is 0.222. The van der Waals surface area contributed by atoms with Gasteiger partial charge in [0.25, 0.3) is 17.6 Å². The highest BCUT2D eigenvalue weighted by Crippen LogP contribution is 2.23. The lowest BCUT2D eigenvalue weighted by molar-refractivity contribution is -0.116. The summed E-state index contributed by atoms with van der Waals surface area (Å²) in [5.74, 6) is 0.329. The number of Topliss-reactive ketones (excluding diaryl/α,β-unsaturated/α-hetero) is 1. The van der Waals surface area contributed by atoms with Gasteiger partial charge in [-0.2, -0.15) is 0 Å². The Morgan fingerprint density at radius 2 is 2.04 bits per heavy atom. The van der Waals surface area contributed by atoms with Gasteiger partial charge in [-0.25, -0.2) is 0 Å². The van der Waals surface area contributed by atoms with Crippen molar-refractivity contribution in [3.05, 3.63) is 47.0 Å². The first-order valence-corrected chi connectivity index (χ1v) is 7.51. The molecule has 0 aliphatic heterocycles. The van der Waals surface area contributed by atoms with Crippen LogP contribution in [-0.4, -0.2) is 33.7 Å². The largest absolute Gasteiger partial charge is 0.343 e. The molecule has 2 aromatic heterocycles. The Hall–Kier alpha value is -3.40. The second-order valence-electron chi connectivity index (χ2n) is 5.40. The Morgan fingerprint density at radius 1 is 1.32 bits per heavy atom. The number of nitrogens with one attached hydrogen (secondary N) is 2. The molecule has 2 heterocycles. The van der Waals surface area contributed by atoms with Crippen molar-refractivity contribution in [1.29, 1.82) is 0 Å². The van der Waals surface area contributed by atoms with Crippen LogP contribution in [0, 0.1) is 26.2 Å². The number of hydrogen-bond donors (Lipinski definition) is 2. The second kappa shape index (κ2) is 7.45. The molecular formula is C18H18N4O3. The van der Waals surface area contributed by atoms with Gasteiger partial charge in [0.2, 0.25) is 0 Å². The fourth-order valence-electron chi connectivity index (χ4n) is 2.59. The summed E-state index contributed by atoms with van der Waals surface area (Å²) < 4.78 is 1.59. The van der Waals surface area contributed by atoms with Crippen LogP contribution in [0.2, 0.25) is 0 Å². The minimum atomic E-state index is -0.797. The van der Waals surface area contributed by atoms with Crippen molar-refractivity contribution in [2.45, 2.75) is 13.8 Å². The highest BCUT2D eigenvalue weighted by atomic mass is 16.2. The molecule has 0 saturated carbocycles. The monoisotopic (exact) mass is 338 g/mol. The summed E-state index contributed by atoms with van der Waals surface area (Å²) in [6, 6.07) is 3.40. The summed E-state index contributed by atoms with van der Waals surface area (Å²) in [6.07, 6.45) is 8.19. The molecule has 2 N–H and O–H groups in total. The molecule has 0 aromatic carbocycles. The van der Waals surface area contributed by atoms with E-state index < -0.39 is 11.7 Å². The first-order valence-electron chi connectivity index (χ1n) is 7.51. The molecule has 0 fully saturated rings. The summed E-state index contributed by atoms with van der Waals surface area (Å²) in [7, 11) is 1.66. The third-order valence-corrected chi connectivity index (χ3v) is 3.85. The number of terminal acetylenes is 1. The SMILES string of the molecule is C#CCNC(=O)C(=O)c1c(C)c(C(=O)Nc2cccnc2)n(C)c1C. The van der Waals surface area contributed by atoms with Crippen LogP contribution in [0.3, 0.4) is 0 Å². The number of carbonyl (C=O) groups excluding carboxylic acids is 3. The van der Waals surface area contributed by atoms with E-state index in [-0.39, 0.29) is 18.0 Å². The summed E-state index contributed by atoms with van der Waals surface area (Å²) in [5, 5.41) is 5.06. The van der Waals surface area contributed by atoms with E-state index in [2.05, 4.69) is 21.5 Å². The van der Waals surface area contributed by atoms with Crippen LogP contribution in [0.4, 0.5) is 5.69 Å². The first kappa shape index (κ1) is 17.9. The van der Waals surface area contributed by atoms with Gasteiger partial charge in [0.1, 0.15) is 5.69 Å². The van der Waals surface area contributed by atoms with Gasteiger partial charge >= 0.3 is 0 Å². The van der Waals surface area contributed by atoms with Crippen LogP contribution in [0.25, 0.3) is 0 Å². The molecule has 0 radical (unpaired) electrons. The Labute approximate surface area is 145 Å². The zero-order chi connectivity index (χ0) is 18.6. The topological polar surface area (TPSA) is 93.1 Å². The quantitative estimate of drug-likeness (QED) is 0.487. The fourth-order valence-corrected chi connectivity index (χ4v) is 2.59. The van der Waals surface area contributed by atoms with Crippen LogP contribution < -0.4 is 10.6 Å². The highest BCUT2D eigenvalue weighted by Gasteiger charge is 2.28. The molecule has 0 saturated heterocycles. The summed E-state index contributed by atoms with van der Waals surface area (Å²) >= 11 is 0. The molecule has 0 unspecified atom stereocenters. The maximum Gasteiger partial charge on any atom is 0.293 e. The maximum atomic E-state index is 12.6. The molecule has 0 atom stereocenters. The molecule has 25 heavy (non-hydrogen) atoms. The number of anilines is 1. The lowest BCUT2D eigenvalue weighted by Gasteiger charge is -2.07. The molecule has 0 bridgehead atoms. The standard InChI is InChI=1S/C18H18N4O3/c1-5-8-20-18(25)16(23)14-11(2)15(22(4)12(14)3)17(24)21-13-7-6-9-19-10-13/h1,6-7,9-10H,8H2,2-4H3,(H,20,25)(H,21,24). The van der Waals surface area contributed by atoms with E-state index in [1.165, 1.54) is 6.20 Å². The zero-order valence-corrected chi connectivity index (χ0v) is 14.2. The van der Waals surface area contributed by atoms with Gasteiger partial charge in [0.15, 0.2) is 0 Å². The first-order chi connectivity index (χ1) is 11.9. The van der Waals surface area contributed by atoms with Crippen LogP contribution >= 0.6 is 0 Å². The van der Waals surface area contributed by atoms with E-state index in [0.717, 1.165) is 0 Å². The average molecular weight is 338 g/mol. The number of aromatic nitrogens is 2. The van der Waals surface area contributed by atoms with Crippen molar-refractivity contribution in [3.63, 3.8) is 0 Å². The van der Waals surface area contributed by atoms with Crippen molar-refractivity contribution in [1.82, 2.24) is 14.9 Å². The summed E-state index contributed by atoms with van der Waals surface area (Å²) in [6.45, 7) is 3.27. The Kier molecular flexibility index (Phi) is 5.35. The van der Waals surface area contributed by atoms with Gasteiger partial charge in [-0.1, -0.05) is 5.92 Å². The van der Waals surface area contributed by atoms with Crippen molar-refractivity contribution in [2.75, 3.05) is 11.9 Å². The third kappa shape index (κ3) is 3.58. The van der Waals surface area contributed by atoms with Gasteiger partial charge in [0, 0.05) is 18.9 Å². The van der Waals surface area contributed by atoms with Crippen LogP contribution in [0.5, 0.6) is 0 Å². The van der Waals surface area contributed by atoms with E-state index in [4.69, 9.17) is 6.42 Å². The van der Waals surface area contributed by atoms with Gasteiger partial charge in [-0.15, -0.1) is 6.42 Å². The molecular weight excluding hydrogens is 320 g/mol. The normalized spacial score (nSPS) is 10.0. The van der Waals surface area contributed by atoms with Gasteiger partial charge in [0.05, 0.1) is 24.0 Å². The number of ketones is 1. The summed E-state index contributed by atoms with van der Waals surface area (Å²) in [5.41, 5.74) is 1.99. The predicted octanol–water partition coefficient (Wildman–Crippen LogP) is 1.22. The molecule has 7 heteroatoms. The Balaban J connectivity index is 2.36. The molecule has 128 valence electrons. The number of hydrogen-bond acceptors (Lipinski definition) is 4. The number of amides is 2. The number of carbonyl (C=O) groups is 3.